The molecule has 0 aromatic heterocycles. The second-order valence-corrected chi connectivity index (χ2v) is 5.50. The zero-order chi connectivity index (χ0) is 22.1. The first-order valence-corrected chi connectivity index (χ1v) is 6.74. The number of carbonyl (C=O) groups excluding carboxylic acids is 4. The molecular weight excluding hydrogens is 328 g/mol. The highest BCUT2D eigenvalue weighted by Crippen LogP contribution is 2.53. The summed E-state index contributed by atoms with van der Waals surface area (Å²) >= 11 is 0. The van der Waals surface area contributed by atoms with E-state index in [0.29, 0.717) is 0 Å². The molecule has 0 bridgehead atoms. The van der Waals surface area contributed by atoms with E-state index < -0.39 is 86.0 Å². The summed E-state index contributed by atoms with van der Waals surface area (Å²) in [5.74, 6) is -3.38. The van der Waals surface area contributed by atoms with Crippen LogP contribution in [0.25, 0.3) is 0 Å². The predicted octanol–water partition coefficient (Wildman–Crippen LogP) is -3.38. The number of hydrogen-bond donors (Lipinski definition) is 5. The van der Waals surface area contributed by atoms with Crippen LogP contribution >= 0.6 is 0 Å². The first-order chi connectivity index (χ1) is 12.6. The second kappa shape index (κ2) is 7.13. The number of aliphatic hydroxyl groups excluding tert-OH is 1. The van der Waals surface area contributed by atoms with Gasteiger partial charge in [0.15, 0.2) is 5.60 Å². The number of hydrogen-bond acceptors (Lipinski definition) is 10. The Kier molecular flexibility index (Phi) is 4.38. The quantitative estimate of drug-likeness (QED) is 0.263. The fourth-order valence-electron chi connectivity index (χ4n) is 3.01. The van der Waals surface area contributed by atoms with Gasteiger partial charge in [-0.2, -0.15) is 0 Å². The summed E-state index contributed by atoms with van der Waals surface area (Å²) in [6.07, 6.45) is -14.7. The normalized spacial score (nSPS) is 44.6. The third-order valence-electron chi connectivity index (χ3n) is 4.39. The van der Waals surface area contributed by atoms with Crippen LogP contribution in [0.15, 0.2) is 0 Å². The van der Waals surface area contributed by atoms with Crippen LogP contribution in [-0.4, -0.2) is 85.9 Å². The van der Waals surface area contributed by atoms with Crippen LogP contribution in [0.5, 0.6) is 0 Å². The van der Waals surface area contributed by atoms with E-state index in [4.69, 9.17) is 10.2 Å². The van der Waals surface area contributed by atoms with Crippen molar-refractivity contribution in [3.63, 3.8) is 0 Å². The Morgan fingerprint density at radius 2 is 1.29 bits per heavy atom. The van der Waals surface area contributed by atoms with Gasteiger partial charge >= 0.3 is 0 Å². The SMILES string of the molecule is [2H]C(=O)CC1(O)O[C@H](CO)[C@@](O)(CC([2H])=O)[C@@](O)(CC([2H])=O)[C@]1(O)CC([2H])=O. The van der Waals surface area contributed by atoms with Crippen molar-refractivity contribution in [1.29, 1.82) is 0 Å². The van der Waals surface area contributed by atoms with Crippen LogP contribution in [0.4, 0.5) is 0 Å². The molecule has 5 atom stereocenters. The van der Waals surface area contributed by atoms with Crippen molar-refractivity contribution in [3.05, 3.63) is 0 Å². The molecule has 1 rings (SSSR count). The van der Waals surface area contributed by atoms with E-state index in [-0.39, 0.29) is 0 Å². The minimum Gasteiger partial charge on any atom is -0.394 e. The van der Waals surface area contributed by atoms with Crippen LogP contribution in [0.1, 0.15) is 31.2 Å². The molecule has 1 saturated heterocycles. The second-order valence-electron chi connectivity index (χ2n) is 5.50. The minimum atomic E-state index is -3.55. The zero-order valence-electron chi connectivity index (χ0n) is 16.4. The summed E-state index contributed by atoms with van der Waals surface area (Å²) in [5.41, 5.74) is -10.3. The standard InChI is InChI=1S/C14H20O10/c15-5-1-11(20)10(9-19)24-14(23,4-8-18)13(22,3-7-17)12(11,21)2-6-16/h5-8,10,19-23H,1-4,9H2/t10-,11+,12+,13-,14?/m1/s1/i5D,6D,7D,8D. The summed E-state index contributed by atoms with van der Waals surface area (Å²) in [7, 11) is 0. The van der Waals surface area contributed by atoms with E-state index in [1.54, 1.807) is 0 Å². The Labute approximate surface area is 142 Å². The number of aldehydes is 4. The number of rotatable bonds is 9. The van der Waals surface area contributed by atoms with Gasteiger partial charge in [-0.3, -0.25) is 0 Å². The van der Waals surface area contributed by atoms with Gasteiger partial charge in [0.05, 0.1) is 13.0 Å². The van der Waals surface area contributed by atoms with E-state index in [9.17, 15) is 44.7 Å². The Hall–Kier alpha value is -1.56. The first-order valence-electron chi connectivity index (χ1n) is 8.74. The maximum Gasteiger partial charge on any atom is 0.205 e. The number of ether oxygens (including phenoxy) is 1. The molecule has 0 aromatic rings. The number of carbonyl (C=O) groups is 4. The third-order valence-corrected chi connectivity index (χ3v) is 4.39. The van der Waals surface area contributed by atoms with Gasteiger partial charge in [0.1, 0.15) is 47.8 Å². The van der Waals surface area contributed by atoms with Crippen molar-refractivity contribution in [2.45, 2.75) is 54.4 Å². The number of aliphatic hydroxyl groups is 5. The fraction of sp³-hybridized carbons (Fsp3) is 0.714. The van der Waals surface area contributed by atoms with Crippen molar-refractivity contribution in [2.24, 2.45) is 0 Å². The van der Waals surface area contributed by atoms with E-state index in [2.05, 4.69) is 0 Å². The molecule has 24 heavy (non-hydrogen) atoms. The molecule has 1 fully saturated rings. The van der Waals surface area contributed by atoms with Gasteiger partial charge in [-0.1, -0.05) is 0 Å². The molecule has 0 saturated carbocycles. The molecule has 1 aliphatic heterocycles. The van der Waals surface area contributed by atoms with Gasteiger partial charge < -0.3 is 49.4 Å². The summed E-state index contributed by atoms with van der Waals surface area (Å²) in [6, 6.07) is 0. The van der Waals surface area contributed by atoms with Crippen molar-refractivity contribution in [2.75, 3.05) is 6.61 Å². The molecule has 0 aromatic carbocycles. The Morgan fingerprint density at radius 1 is 0.833 bits per heavy atom. The van der Waals surface area contributed by atoms with Crippen molar-refractivity contribution < 1.29 is 54.9 Å². The smallest absolute Gasteiger partial charge is 0.205 e. The average molecular weight is 352 g/mol. The molecule has 10 heteroatoms. The van der Waals surface area contributed by atoms with Crippen LogP contribution in [0.2, 0.25) is 0 Å². The van der Waals surface area contributed by atoms with Gasteiger partial charge in [0, 0.05) is 19.3 Å². The third kappa shape index (κ3) is 2.61. The lowest BCUT2D eigenvalue weighted by Gasteiger charge is -2.62. The van der Waals surface area contributed by atoms with E-state index in [1.807, 2.05) is 0 Å². The predicted molar refractivity (Wildman–Crippen MR) is 74.5 cm³/mol. The highest BCUT2D eigenvalue weighted by atomic mass is 16.7. The highest BCUT2D eigenvalue weighted by Gasteiger charge is 2.76. The van der Waals surface area contributed by atoms with Crippen LogP contribution in [0.3, 0.4) is 0 Å². The van der Waals surface area contributed by atoms with Gasteiger partial charge in [-0.05, 0) is 0 Å². The lowest BCUT2D eigenvalue weighted by molar-refractivity contribution is -0.436. The van der Waals surface area contributed by atoms with Gasteiger partial charge in [-0.25, -0.2) is 0 Å². The molecule has 1 unspecified atom stereocenters. The monoisotopic (exact) mass is 352 g/mol. The molecule has 1 aliphatic rings. The molecule has 0 amide bonds. The van der Waals surface area contributed by atoms with Crippen molar-refractivity contribution >= 4 is 25.0 Å². The summed E-state index contributed by atoms with van der Waals surface area (Å²) in [6.45, 7) is -1.28. The molecular formula is C14H20O10. The van der Waals surface area contributed by atoms with Crippen LogP contribution in [0, 0.1) is 0 Å². The molecule has 0 spiro atoms. The fourth-order valence-corrected chi connectivity index (χ4v) is 3.01. The molecule has 0 aliphatic carbocycles. The van der Waals surface area contributed by atoms with Crippen molar-refractivity contribution in [3.8, 4) is 0 Å². The first kappa shape index (κ1) is 14.8. The lowest BCUT2D eigenvalue weighted by atomic mass is 9.59. The summed E-state index contributed by atoms with van der Waals surface area (Å²) in [5, 5.41) is 53.2. The topological polar surface area (TPSA) is 179 Å². The maximum absolute atomic E-state index is 11.4. The average Bonchev–Trinajstić information content (AvgIpc) is 2.48. The largest absolute Gasteiger partial charge is 0.394 e. The van der Waals surface area contributed by atoms with Crippen molar-refractivity contribution in [1.82, 2.24) is 0 Å². The highest BCUT2D eigenvalue weighted by molar-refractivity contribution is 5.61. The summed E-state index contributed by atoms with van der Waals surface area (Å²) in [4.78, 5) is 45.4. The van der Waals surface area contributed by atoms with Crippen LogP contribution < -0.4 is 0 Å². The van der Waals surface area contributed by atoms with Gasteiger partial charge in [0.2, 0.25) is 5.79 Å². The molecule has 136 valence electrons. The zero-order valence-corrected chi connectivity index (χ0v) is 12.4. The Morgan fingerprint density at radius 3 is 1.71 bits per heavy atom. The van der Waals surface area contributed by atoms with Gasteiger partial charge in [0.25, 0.3) is 0 Å². The Bertz CT molecular complexity index is 689. The molecule has 0 radical (unpaired) electrons. The maximum atomic E-state index is 11.4. The van der Waals surface area contributed by atoms with E-state index >= 15 is 0 Å². The van der Waals surface area contributed by atoms with E-state index in [0.717, 1.165) is 0 Å². The summed E-state index contributed by atoms with van der Waals surface area (Å²) < 4.78 is 33.1. The van der Waals surface area contributed by atoms with E-state index in [1.165, 1.54) is 0 Å². The Balaban J connectivity index is 3.89. The lowest BCUT2D eigenvalue weighted by Crippen LogP contribution is -2.84. The molecule has 5 N–H and O–H groups in total. The van der Waals surface area contributed by atoms with Gasteiger partial charge in [-0.15, -0.1) is 0 Å². The minimum absolute atomic E-state index is 1.28. The molecule has 10 nitrogen and oxygen atoms in total. The molecule has 1 heterocycles. The van der Waals surface area contributed by atoms with Crippen LogP contribution in [-0.2, 0) is 23.9 Å².